The van der Waals surface area contributed by atoms with Crippen LogP contribution in [0.2, 0.25) is 0 Å². The van der Waals surface area contributed by atoms with Gasteiger partial charge in [0.25, 0.3) is 5.56 Å². The standard InChI is InChI=1S/C21H15F3N6OS/c1-11(29-19-17-18(26-9-25-17)27-10-28-19)14-7-15-16(13(8-32-15)21(22,23)24)20(31)30(14)12-5-3-2-4-6-12/h2-11H,1H3,(H2,25,26,27,28,29)/t11-/m0/s1. The molecule has 2 N–H and O–H groups in total. The van der Waals surface area contributed by atoms with E-state index >= 15 is 0 Å². The number of rotatable bonds is 4. The molecule has 0 radical (unpaired) electrons. The number of halogens is 3. The number of aromatic nitrogens is 5. The summed E-state index contributed by atoms with van der Waals surface area (Å²) in [5.41, 5.74) is 0.380. The summed E-state index contributed by atoms with van der Waals surface area (Å²) in [5.74, 6) is 0.467. The first-order valence-corrected chi connectivity index (χ1v) is 10.4. The van der Waals surface area contributed by atoms with Gasteiger partial charge in [-0.25, -0.2) is 15.0 Å². The van der Waals surface area contributed by atoms with Gasteiger partial charge >= 0.3 is 6.18 Å². The van der Waals surface area contributed by atoms with Crippen LogP contribution in [0.4, 0.5) is 19.0 Å². The summed E-state index contributed by atoms with van der Waals surface area (Å²) in [6.07, 6.45) is -1.77. The van der Waals surface area contributed by atoms with Crippen LogP contribution in [-0.2, 0) is 6.18 Å². The van der Waals surface area contributed by atoms with Crippen LogP contribution in [-0.4, -0.2) is 24.5 Å². The third kappa shape index (κ3) is 3.30. The second-order valence-corrected chi connectivity index (χ2v) is 8.03. The molecular weight excluding hydrogens is 441 g/mol. The van der Waals surface area contributed by atoms with Crippen molar-refractivity contribution >= 4 is 38.4 Å². The minimum Gasteiger partial charge on any atom is -0.360 e. The van der Waals surface area contributed by atoms with Crippen molar-refractivity contribution in [2.75, 3.05) is 5.32 Å². The van der Waals surface area contributed by atoms with E-state index in [1.54, 1.807) is 36.4 Å². The van der Waals surface area contributed by atoms with Crippen LogP contribution in [0.1, 0.15) is 24.2 Å². The Bertz CT molecular complexity index is 1490. The van der Waals surface area contributed by atoms with E-state index in [2.05, 4.69) is 25.3 Å². The average Bonchev–Trinajstić information content (AvgIpc) is 3.42. The summed E-state index contributed by atoms with van der Waals surface area (Å²) in [6.45, 7) is 1.81. The summed E-state index contributed by atoms with van der Waals surface area (Å²) in [7, 11) is 0. The van der Waals surface area contributed by atoms with Crippen LogP contribution in [0.15, 0.2) is 59.2 Å². The second-order valence-electron chi connectivity index (χ2n) is 7.12. The smallest absolute Gasteiger partial charge is 0.360 e. The molecule has 11 heteroatoms. The van der Waals surface area contributed by atoms with Gasteiger partial charge < -0.3 is 10.3 Å². The number of nitrogens with one attached hydrogen (secondary N) is 2. The molecule has 0 amide bonds. The highest BCUT2D eigenvalue weighted by molar-refractivity contribution is 7.17. The van der Waals surface area contributed by atoms with Crippen molar-refractivity contribution in [3.63, 3.8) is 0 Å². The van der Waals surface area contributed by atoms with Gasteiger partial charge in [0, 0.05) is 21.5 Å². The monoisotopic (exact) mass is 456 g/mol. The number of aromatic amines is 1. The van der Waals surface area contributed by atoms with Gasteiger partial charge in [-0.15, -0.1) is 11.3 Å². The second kappa shape index (κ2) is 7.45. The van der Waals surface area contributed by atoms with Crippen LogP contribution in [0, 0.1) is 0 Å². The predicted octanol–water partition coefficient (Wildman–Crippen LogP) is 4.91. The first-order valence-electron chi connectivity index (χ1n) is 9.55. The van der Waals surface area contributed by atoms with Gasteiger partial charge in [0.15, 0.2) is 11.5 Å². The van der Waals surface area contributed by atoms with Gasteiger partial charge in [0.1, 0.15) is 11.8 Å². The Morgan fingerprint density at radius 3 is 2.69 bits per heavy atom. The number of hydrogen-bond acceptors (Lipinski definition) is 6. The third-order valence-electron chi connectivity index (χ3n) is 5.11. The number of fused-ring (bicyclic) bond motifs is 2. The molecular formula is C21H15F3N6OS. The van der Waals surface area contributed by atoms with Crippen LogP contribution in [0.25, 0.3) is 26.9 Å². The molecule has 0 unspecified atom stereocenters. The Kier molecular flexibility index (Phi) is 4.70. The lowest BCUT2D eigenvalue weighted by Crippen LogP contribution is -2.26. The van der Waals surface area contributed by atoms with E-state index in [9.17, 15) is 18.0 Å². The summed E-state index contributed by atoms with van der Waals surface area (Å²) >= 11 is 0.898. The van der Waals surface area contributed by atoms with Crippen molar-refractivity contribution in [1.29, 1.82) is 0 Å². The normalized spacial score (nSPS) is 13.0. The Morgan fingerprint density at radius 2 is 1.94 bits per heavy atom. The maximum absolute atomic E-state index is 13.6. The van der Waals surface area contributed by atoms with Crippen molar-refractivity contribution in [3.05, 3.63) is 76.0 Å². The molecule has 0 fully saturated rings. The highest BCUT2D eigenvalue weighted by atomic mass is 32.1. The summed E-state index contributed by atoms with van der Waals surface area (Å²) in [6, 6.07) is 9.73. The molecule has 1 aromatic carbocycles. The molecule has 5 aromatic rings. The SMILES string of the molecule is C[C@H](Nc1ncnc2nc[nH]c12)c1cc2scc(C(F)(F)F)c2c(=O)n1-c1ccccc1. The van der Waals surface area contributed by atoms with Crippen LogP contribution >= 0.6 is 11.3 Å². The Morgan fingerprint density at radius 1 is 1.16 bits per heavy atom. The summed E-state index contributed by atoms with van der Waals surface area (Å²) in [4.78, 5) is 28.8. The van der Waals surface area contributed by atoms with Gasteiger partial charge in [-0.3, -0.25) is 9.36 Å². The topological polar surface area (TPSA) is 88.5 Å². The lowest BCUT2D eigenvalue weighted by molar-refractivity contribution is -0.136. The van der Waals surface area contributed by atoms with Crippen molar-refractivity contribution in [3.8, 4) is 5.69 Å². The number of thiophene rings is 1. The largest absolute Gasteiger partial charge is 0.418 e. The number of nitrogens with zero attached hydrogens (tertiary/aromatic N) is 4. The molecule has 4 aromatic heterocycles. The Balaban J connectivity index is 1.71. The molecule has 0 aliphatic heterocycles. The molecule has 162 valence electrons. The molecule has 0 aliphatic rings. The fourth-order valence-electron chi connectivity index (χ4n) is 3.65. The first-order chi connectivity index (χ1) is 15.3. The quantitative estimate of drug-likeness (QED) is 0.401. The molecule has 4 heterocycles. The number of anilines is 1. The Labute approximate surface area is 182 Å². The number of imidazole rings is 1. The fraction of sp³-hybridized carbons (Fsp3) is 0.143. The van der Waals surface area contributed by atoms with Gasteiger partial charge in [0.05, 0.1) is 23.3 Å². The van der Waals surface area contributed by atoms with E-state index in [1.807, 2.05) is 6.92 Å². The van der Waals surface area contributed by atoms with Crippen LogP contribution in [0.5, 0.6) is 0 Å². The minimum absolute atomic E-state index is 0.271. The number of para-hydroxylation sites is 1. The minimum atomic E-state index is -4.62. The van der Waals surface area contributed by atoms with Gasteiger partial charge in [-0.1, -0.05) is 18.2 Å². The maximum atomic E-state index is 13.6. The van der Waals surface area contributed by atoms with Gasteiger partial charge in [0.2, 0.25) is 0 Å². The van der Waals surface area contributed by atoms with Crippen molar-refractivity contribution in [1.82, 2.24) is 24.5 Å². The van der Waals surface area contributed by atoms with Gasteiger partial charge in [-0.2, -0.15) is 13.2 Å². The van der Waals surface area contributed by atoms with E-state index in [-0.39, 0.29) is 10.1 Å². The number of H-pyrrole nitrogens is 1. The number of pyridine rings is 1. The van der Waals surface area contributed by atoms with E-state index in [0.29, 0.717) is 28.4 Å². The highest BCUT2D eigenvalue weighted by Crippen LogP contribution is 2.38. The van der Waals surface area contributed by atoms with E-state index < -0.39 is 23.3 Å². The third-order valence-corrected chi connectivity index (χ3v) is 6.04. The molecule has 5 rings (SSSR count). The molecule has 0 aliphatic carbocycles. The van der Waals surface area contributed by atoms with E-state index in [4.69, 9.17) is 0 Å². The zero-order valence-electron chi connectivity index (χ0n) is 16.5. The summed E-state index contributed by atoms with van der Waals surface area (Å²) < 4.78 is 42.2. The molecule has 0 saturated heterocycles. The number of alkyl halides is 3. The summed E-state index contributed by atoms with van der Waals surface area (Å²) in [5, 5.41) is 3.88. The van der Waals surface area contributed by atoms with Gasteiger partial charge in [-0.05, 0) is 25.1 Å². The average molecular weight is 456 g/mol. The van der Waals surface area contributed by atoms with Crippen molar-refractivity contribution < 1.29 is 13.2 Å². The molecule has 7 nitrogen and oxygen atoms in total. The van der Waals surface area contributed by atoms with Crippen LogP contribution in [0.3, 0.4) is 0 Å². The fourth-order valence-corrected chi connectivity index (χ4v) is 4.65. The van der Waals surface area contributed by atoms with Crippen molar-refractivity contribution in [2.24, 2.45) is 0 Å². The number of benzene rings is 1. The van der Waals surface area contributed by atoms with Crippen LogP contribution < -0.4 is 10.9 Å². The predicted molar refractivity (Wildman–Crippen MR) is 116 cm³/mol. The zero-order chi connectivity index (χ0) is 22.5. The number of hydrogen-bond donors (Lipinski definition) is 2. The lowest BCUT2D eigenvalue weighted by atomic mass is 10.1. The molecule has 0 saturated carbocycles. The van der Waals surface area contributed by atoms with E-state index in [0.717, 1.165) is 16.7 Å². The molecule has 1 atom stereocenters. The van der Waals surface area contributed by atoms with E-state index in [1.165, 1.54) is 17.2 Å². The Hall–Kier alpha value is -3.73. The maximum Gasteiger partial charge on any atom is 0.418 e. The zero-order valence-corrected chi connectivity index (χ0v) is 17.3. The molecule has 32 heavy (non-hydrogen) atoms. The highest BCUT2D eigenvalue weighted by Gasteiger charge is 2.35. The van der Waals surface area contributed by atoms with Crippen molar-refractivity contribution in [2.45, 2.75) is 19.1 Å². The first kappa shape index (κ1) is 20.2. The molecule has 0 bridgehead atoms. The molecule has 0 spiro atoms. The lowest BCUT2D eigenvalue weighted by Gasteiger charge is -2.21.